The maximum Gasteiger partial charge on any atom is 0.258 e. The molecular weight excluding hydrogens is 244 g/mol. The number of aliphatic carboxylic acids is 1. The molecule has 0 saturated carbocycles. The Bertz CT molecular complexity index is 674. The summed E-state index contributed by atoms with van der Waals surface area (Å²) < 4.78 is 0. The third-order valence-corrected chi connectivity index (χ3v) is 2.93. The largest absolute Gasteiger partial charge is 0.550 e. The first-order valence-corrected chi connectivity index (χ1v) is 6.05. The number of nitrogens with one attached hydrogen (secondary N) is 1. The number of carbonyl (C=O) groups excluding carboxylic acids is 1. The molecule has 1 heterocycles. The van der Waals surface area contributed by atoms with Crippen molar-refractivity contribution in [3.8, 4) is 0 Å². The van der Waals surface area contributed by atoms with Gasteiger partial charge in [-0.05, 0) is 24.0 Å². The third-order valence-electron chi connectivity index (χ3n) is 2.93. The number of aromatic nitrogens is 2. The third kappa shape index (κ3) is 3.19. The van der Waals surface area contributed by atoms with Crippen LogP contribution in [-0.4, -0.2) is 15.9 Å². The molecule has 1 aromatic heterocycles. The number of carboxylic acid groups (broad SMARTS) is 1. The molecule has 5 heteroatoms. The lowest BCUT2D eigenvalue weighted by atomic mass is 9.85. The molecule has 100 valence electrons. The van der Waals surface area contributed by atoms with Crippen molar-refractivity contribution in [3.63, 3.8) is 0 Å². The van der Waals surface area contributed by atoms with Gasteiger partial charge in [0.2, 0.25) is 0 Å². The normalized spacial score (nSPS) is 11.7. The van der Waals surface area contributed by atoms with Gasteiger partial charge in [-0.15, -0.1) is 0 Å². The summed E-state index contributed by atoms with van der Waals surface area (Å²) in [6.07, 6.45) is 0.296. The summed E-state index contributed by atoms with van der Waals surface area (Å²) in [7, 11) is 0. The molecule has 0 aliphatic heterocycles. The van der Waals surface area contributed by atoms with Crippen LogP contribution in [0.3, 0.4) is 0 Å². The Kier molecular flexibility index (Phi) is 3.38. The van der Waals surface area contributed by atoms with Crippen LogP contribution in [0.2, 0.25) is 0 Å². The van der Waals surface area contributed by atoms with E-state index in [1.807, 2.05) is 6.07 Å². The molecule has 0 aliphatic rings. The smallest absolute Gasteiger partial charge is 0.258 e. The summed E-state index contributed by atoms with van der Waals surface area (Å²) in [5, 5.41) is 11.2. The van der Waals surface area contributed by atoms with Crippen molar-refractivity contribution in [1.82, 2.24) is 9.97 Å². The molecule has 1 aromatic carbocycles. The maximum atomic E-state index is 11.9. The predicted molar refractivity (Wildman–Crippen MR) is 69.5 cm³/mol. The molecule has 0 bridgehead atoms. The van der Waals surface area contributed by atoms with E-state index >= 15 is 0 Å². The molecule has 0 radical (unpaired) electrons. The molecule has 0 unspecified atom stereocenters. The lowest BCUT2D eigenvalue weighted by Gasteiger charge is -2.24. The first-order chi connectivity index (χ1) is 8.87. The molecule has 19 heavy (non-hydrogen) atoms. The fourth-order valence-electron chi connectivity index (χ4n) is 2.13. The van der Waals surface area contributed by atoms with Crippen LogP contribution >= 0.6 is 0 Å². The predicted octanol–water partition coefficient (Wildman–Crippen LogP) is 0.632. The molecule has 2 rings (SSSR count). The Hall–Kier alpha value is -2.17. The van der Waals surface area contributed by atoms with E-state index in [0.29, 0.717) is 23.1 Å². The van der Waals surface area contributed by atoms with Crippen molar-refractivity contribution in [2.75, 3.05) is 0 Å². The summed E-state index contributed by atoms with van der Waals surface area (Å²) in [6.45, 7) is 3.61. The number of nitrogens with zero attached hydrogens (tertiary/aromatic N) is 1. The minimum Gasteiger partial charge on any atom is -0.550 e. The van der Waals surface area contributed by atoms with Gasteiger partial charge >= 0.3 is 0 Å². The summed E-state index contributed by atoms with van der Waals surface area (Å²) in [6, 6.07) is 7.06. The van der Waals surface area contributed by atoms with E-state index in [-0.39, 0.29) is 12.0 Å². The van der Waals surface area contributed by atoms with E-state index in [0.717, 1.165) is 0 Å². The highest BCUT2D eigenvalue weighted by atomic mass is 16.4. The van der Waals surface area contributed by atoms with E-state index in [1.54, 1.807) is 32.0 Å². The van der Waals surface area contributed by atoms with E-state index in [2.05, 4.69) is 9.97 Å². The molecule has 0 fully saturated rings. The topological polar surface area (TPSA) is 85.9 Å². The first kappa shape index (κ1) is 13.3. The number of carbonyl (C=O) groups is 1. The Balaban J connectivity index is 2.36. The SMILES string of the molecule is CC(C)(CC(=O)[O-])Cc1nc2ccccc2c(=O)[nH]1. The molecule has 0 spiro atoms. The van der Waals surface area contributed by atoms with Crippen molar-refractivity contribution < 1.29 is 9.90 Å². The number of aromatic amines is 1. The lowest BCUT2D eigenvalue weighted by molar-refractivity contribution is -0.307. The first-order valence-electron chi connectivity index (χ1n) is 6.05. The number of para-hydroxylation sites is 1. The van der Waals surface area contributed by atoms with Crippen LogP contribution < -0.4 is 10.7 Å². The molecule has 5 nitrogen and oxygen atoms in total. The summed E-state index contributed by atoms with van der Waals surface area (Å²) in [5.41, 5.74) is -0.104. The van der Waals surface area contributed by atoms with Gasteiger partial charge in [0.15, 0.2) is 0 Å². The standard InChI is InChI=1S/C14H16N2O3/c1-14(2,8-12(17)18)7-11-15-10-6-4-3-5-9(10)13(19)16-11/h3-6H,7-8H2,1-2H3,(H,17,18)(H,15,16,19)/p-1. The van der Waals surface area contributed by atoms with Gasteiger partial charge in [-0.25, -0.2) is 4.98 Å². The van der Waals surface area contributed by atoms with E-state index in [1.165, 1.54) is 0 Å². The van der Waals surface area contributed by atoms with Crippen molar-refractivity contribution in [1.29, 1.82) is 0 Å². The Morgan fingerprint density at radius 2 is 2.05 bits per heavy atom. The molecule has 0 atom stereocenters. The number of H-pyrrole nitrogens is 1. The average molecular weight is 259 g/mol. The Morgan fingerprint density at radius 1 is 1.37 bits per heavy atom. The summed E-state index contributed by atoms with van der Waals surface area (Å²) in [4.78, 5) is 29.6. The van der Waals surface area contributed by atoms with Crippen LogP contribution in [0, 0.1) is 5.41 Å². The number of hydrogen-bond donors (Lipinski definition) is 1. The highest BCUT2D eigenvalue weighted by Crippen LogP contribution is 2.24. The summed E-state index contributed by atoms with van der Waals surface area (Å²) >= 11 is 0. The van der Waals surface area contributed by atoms with Crippen molar-refractivity contribution in [2.45, 2.75) is 26.7 Å². The summed E-state index contributed by atoms with van der Waals surface area (Å²) in [5.74, 6) is -0.608. The second kappa shape index (κ2) is 4.84. The van der Waals surface area contributed by atoms with Gasteiger partial charge in [-0.3, -0.25) is 4.79 Å². The van der Waals surface area contributed by atoms with Gasteiger partial charge in [0.25, 0.3) is 5.56 Å². The number of hydrogen-bond acceptors (Lipinski definition) is 4. The number of benzene rings is 1. The zero-order valence-corrected chi connectivity index (χ0v) is 10.9. The highest BCUT2D eigenvalue weighted by Gasteiger charge is 2.20. The Labute approximate surface area is 110 Å². The number of carboxylic acids is 1. The minimum absolute atomic E-state index is 0.0798. The van der Waals surface area contributed by atoms with Gasteiger partial charge in [0.1, 0.15) is 5.82 Å². The molecule has 0 amide bonds. The maximum absolute atomic E-state index is 11.9. The van der Waals surface area contributed by atoms with Crippen LogP contribution in [0.25, 0.3) is 10.9 Å². The average Bonchev–Trinajstić information content (AvgIpc) is 2.26. The van der Waals surface area contributed by atoms with Crippen LogP contribution in [0.5, 0.6) is 0 Å². The quantitative estimate of drug-likeness (QED) is 0.872. The number of rotatable bonds is 4. The lowest BCUT2D eigenvalue weighted by Crippen LogP contribution is -2.31. The van der Waals surface area contributed by atoms with Crippen LogP contribution in [0.15, 0.2) is 29.1 Å². The van der Waals surface area contributed by atoms with Crippen LogP contribution in [-0.2, 0) is 11.2 Å². The number of fused-ring (bicyclic) bond motifs is 1. The van der Waals surface area contributed by atoms with E-state index in [4.69, 9.17) is 0 Å². The van der Waals surface area contributed by atoms with Gasteiger partial charge in [-0.2, -0.15) is 0 Å². The van der Waals surface area contributed by atoms with Crippen molar-refractivity contribution >= 4 is 16.9 Å². The fraction of sp³-hybridized carbons (Fsp3) is 0.357. The molecule has 1 N–H and O–H groups in total. The monoisotopic (exact) mass is 259 g/mol. The molecule has 0 saturated heterocycles. The highest BCUT2D eigenvalue weighted by molar-refractivity contribution is 5.77. The zero-order chi connectivity index (χ0) is 14.0. The minimum atomic E-state index is -1.10. The van der Waals surface area contributed by atoms with Crippen LogP contribution in [0.1, 0.15) is 26.1 Å². The van der Waals surface area contributed by atoms with Crippen molar-refractivity contribution in [2.24, 2.45) is 5.41 Å². The fourth-order valence-corrected chi connectivity index (χ4v) is 2.13. The van der Waals surface area contributed by atoms with Gasteiger partial charge < -0.3 is 14.9 Å². The Morgan fingerprint density at radius 3 is 2.74 bits per heavy atom. The van der Waals surface area contributed by atoms with E-state index in [9.17, 15) is 14.7 Å². The second-order valence-corrected chi connectivity index (χ2v) is 5.42. The van der Waals surface area contributed by atoms with Crippen LogP contribution in [0.4, 0.5) is 0 Å². The zero-order valence-electron chi connectivity index (χ0n) is 10.9. The molecular formula is C14H15N2O3-. The van der Waals surface area contributed by atoms with E-state index < -0.39 is 11.4 Å². The molecule has 0 aliphatic carbocycles. The van der Waals surface area contributed by atoms with Crippen molar-refractivity contribution in [3.05, 3.63) is 40.4 Å². The molecule has 2 aromatic rings. The van der Waals surface area contributed by atoms with Gasteiger partial charge in [0, 0.05) is 12.4 Å². The van der Waals surface area contributed by atoms with Gasteiger partial charge in [0.05, 0.1) is 10.9 Å². The second-order valence-electron chi connectivity index (χ2n) is 5.42. The van der Waals surface area contributed by atoms with Gasteiger partial charge in [-0.1, -0.05) is 26.0 Å².